The summed E-state index contributed by atoms with van der Waals surface area (Å²) in [5, 5.41) is 6.29. The highest BCUT2D eigenvalue weighted by Crippen LogP contribution is 2.28. The van der Waals surface area contributed by atoms with Gasteiger partial charge < -0.3 is 10.6 Å². The fourth-order valence-corrected chi connectivity index (χ4v) is 4.32. The van der Waals surface area contributed by atoms with Crippen molar-refractivity contribution in [3.8, 4) is 0 Å². The largest absolute Gasteiger partial charge is 0.323 e. The summed E-state index contributed by atoms with van der Waals surface area (Å²) >= 11 is 23.8. The summed E-state index contributed by atoms with van der Waals surface area (Å²) in [6.07, 6.45) is 0. The van der Waals surface area contributed by atoms with E-state index in [-0.39, 0.29) is 20.6 Å². The maximum atomic E-state index is 12.6. The van der Waals surface area contributed by atoms with E-state index in [0.717, 1.165) is 0 Å². The Labute approximate surface area is 193 Å². The number of anilines is 3. The maximum absolute atomic E-state index is 12.6. The molecule has 0 heterocycles. The van der Waals surface area contributed by atoms with Gasteiger partial charge in [-0.3, -0.25) is 4.72 Å². The standard InChI is InChI=1S/C19H13Cl4N3O3S/c20-11-1-4-13(5-2-11)26-30(28,29)14-6-8-18(16(23)10-14)25-19(27)24-17-7-3-12(21)9-15(17)22/h1-10,26H,(H2,24,25,27). The minimum absolute atomic E-state index is 0.0336. The number of hydrogen-bond acceptors (Lipinski definition) is 3. The molecule has 0 aromatic heterocycles. The third kappa shape index (κ3) is 5.71. The van der Waals surface area contributed by atoms with Crippen LogP contribution in [0.1, 0.15) is 0 Å². The Morgan fingerprint density at radius 1 is 0.700 bits per heavy atom. The number of urea groups is 1. The van der Waals surface area contributed by atoms with Gasteiger partial charge in [-0.25, -0.2) is 13.2 Å². The van der Waals surface area contributed by atoms with Crippen molar-refractivity contribution in [3.05, 3.63) is 80.8 Å². The number of hydrogen-bond donors (Lipinski definition) is 3. The van der Waals surface area contributed by atoms with Crippen molar-refractivity contribution in [1.29, 1.82) is 0 Å². The lowest BCUT2D eigenvalue weighted by molar-refractivity contribution is 0.262. The molecule has 6 nitrogen and oxygen atoms in total. The molecule has 156 valence electrons. The topological polar surface area (TPSA) is 87.3 Å². The van der Waals surface area contributed by atoms with E-state index in [9.17, 15) is 13.2 Å². The molecule has 3 rings (SSSR count). The fourth-order valence-electron chi connectivity index (χ4n) is 2.36. The van der Waals surface area contributed by atoms with Gasteiger partial charge in [-0.2, -0.15) is 0 Å². The van der Waals surface area contributed by atoms with Crippen molar-refractivity contribution in [3.63, 3.8) is 0 Å². The summed E-state index contributed by atoms with van der Waals surface area (Å²) in [5.74, 6) is 0. The van der Waals surface area contributed by atoms with E-state index in [1.54, 1.807) is 24.3 Å². The molecule has 3 aromatic rings. The van der Waals surface area contributed by atoms with Crippen LogP contribution in [-0.2, 0) is 10.0 Å². The van der Waals surface area contributed by atoms with Gasteiger partial charge in [0.15, 0.2) is 0 Å². The molecular weight excluding hydrogens is 492 g/mol. The summed E-state index contributed by atoms with van der Waals surface area (Å²) in [7, 11) is -3.89. The first-order valence-corrected chi connectivity index (χ1v) is 11.2. The number of nitrogens with one attached hydrogen (secondary N) is 3. The monoisotopic (exact) mass is 503 g/mol. The lowest BCUT2D eigenvalue weighted by Crippen LogP contribution is -2.20. The highest BCUT2D eigenvalue weighted by atomic mass is 35.5. The average Bonchev–Trinajstić information content (AvgIpc) is 2.67. The minimum Gasteiger partial charge on any atom is -0.306 e. The molecule has 0 radical (unpaired) electrons. The van der Waals surface area contributed by atoms with E-state index in [0.29, 0.717) is 21.4 Å². The smallest absolute Gasteiger partial charge is 0.306 e. The summed E-state index contributed by atoms with van der Waals surface area (Å²) in [4.78, 5) is 12.1. The molecule has 0 fully saturated rings. The van der Waals surface area contributed by atoms with Crippen molar-refractivity contribution in [2.75, 3.05) is 15.4 Å². The van der Waals surface area contributed by atoms with E-state index in [1.807, 2.05) is 0 Å². The highest BCUT2D eigenvalue weighted by molar-refractivity contribution is 7.92. The lowest BCUT2D eigenvalue weighted by Gasteiger charge is -2.12. The second-order valence-electron chi connectivity index (χ2n) is 5.96. The molecule has 0 saturated carbocycles. The Kier molecular flexibility index (Phi) is 7.00. The SMILES string of the molecule is O=C(Nc1ccc(Cl)cc1Cl)Nc1ccc(S(=O)(=O)Nc2ccc(Cl)cc2)cc1Cl. The lowest BCUT2D eigenvalue weighted by atomic mass is 10.3. The van der Waals surface area contributed by atoms with Crippen LogP contribution in [0.3, 0.4) is 0 Å². The van der Waals surface area contributed by atoms with Crippen LogP contribution in [-0.4, -0.2) is 14.4 Å². The molecule has 0 unspecified atom stereocenters. The molecule has 0 aliphatic heterocycles. The molecule has 2 amide bonds. The normalized spacial score (nSPS) is 11.1. The van der Waals surface area contributed by atoms with E-state index < -0.39 is 16.1 Å². The molecule has 3 aromatic carbocycles. The van der Waals surface area contributed by atoms with Gasteiger partial charge in [0, 0.05) is 15.7 Å². The van der Waals surface area contributed by atoms with E-state index in [4.69, 9.17) is 46.4 Å². The number of amides is 2. The first-order valence-electron chi connectivity index (χ1n) is 8.25. The Morgan fingerprint density at radius 3 is 1.80 bits per heavy atom. The Hall–Kier alpha value is -2.16. The number of rotatable bonds is 5. The first kappa shape index (κ1) is 22.5. The first-order chi connectivity index (χ1) is 14.1. The van der Waals surface area contributed by atoms with Crippen LogP contribution in [0.25, 0.3) is 0 Å². The van der Waals surface area contributed by atoms with Gasteiger partial charge in [-0.05, 0) is 60.7 Å². The quantitative estimate of drug-likeness (QED) is 0.359. The Bertz CT molecular complexity index is 1200. The molecule has 30 heavy (non-hydrogen) atoms. The maximum Gasteiger partial charge on any atom is 0.323 e. The van der Waals surface area contributed by atoms with E-state index in [1.165, 1.54) is 36.4 Å². The second-order valence-corrected chi connectivity index (χ2v) is 9.33. The van der Waals surface area contributed by atoms with Gasteiger partial charge in [0.05, 0.1) is 26.3 Å². The number of carbonyl (C=O) groups excluding carboxylic acids is 1. The van der Waals surface area contributed by atoms with Gasteiger partial charge in [0.1, 0.15) is 0 Å². The van der Waals surface area contributed by atoms with Crippen LogP contribution in [0.5, 0.6) is 0 Å². The summed E-state index contributed by atoms with van der Waals surface area (Å²) in [5.41, 5.74) is 0.905. The second kappa shape index (κ2) is 9.32. The van der Waals surface area contributed by atoms with Crippen LogP contribution < -0.4 is 15.4 Å². The molecule has 0 spiro atoms. The van der Waals surface area contributed by atoms with Crippen molar-refractivity contribution in [1.82, 2.24) is 0 Å². The summed E-state index contributed by atoms with van der Waals surface area (Å²) in [6.45, 7) is 0. The molecule has 0 atom stereocenters. The zero-order valence-corrected chi connectivity index (χ0v) is 18.8. The molecular formula is C19H13Cl4N3O3S. The fraction of sp³-hybridized carbons (Fsp3) is 0. The zero-order valence-electron chi connectivity index (χ0n) is 14.9. The van der Waals surface area contributed by atoms with E-state index in [2.05, 4.69) is 15.4 Å². The van der Waals surface area contributed by atoms with Crippen molar-refractivity contribution >= 4 is 79.5 Å². The van der Waals surface area contributed by atoms with Gasteiger partial charge in [-0.1, -0.05) is 46.4 Å². The van der Waals surface area contributed by atoms with Gasteiger partial charge in [-0.15, -0.1) is 0 Å². The third-order valence-electron chi connectivity index (χ3n) is 3.77. The summed E-state index contributed by atoms with van der Waals surface area (Å²) in [6, 6.07) is 14.1. The van der Waals surface area contributed by atoms with Crippen molar-refractivity contribution < 1.29 is 13.2 Å². The molecule has 0 aliphatic rings. The summed E-state index contributed by atoms with van der Waals surface area (Å²) < 4.78 is 27.5. The van der Waals surface area contributed by atoms with Crippen LogP contribution >= 0.6 is 46.4 Å². The van der Waals surface area contributed by atoms with Gasteiger partial charge in [0.25, 0.3) is 10.0 Å². The Morgan fingerprint density at radius 2 is 1.23 bits per heavy atom. The molecule has 0 aliphatic carbocycles. The van der Waals surface area contributed by atoms with Crippen molar-refractivity contribution in [2.24, 2.45) is 0 Å². The van der Waals surface area contributed by atoms with E-state index >= 15 is 0 Å². The predicted octanol–water partition coefficient (Wildman–Crippen LogP) is 6.75. The van der Waals surface area contributed by atoms with Crippen molar-refractivity contribution in [2.45, 2.75) is 4.90 Å². The zero-order chi connectivity index (χ0) is 21.9. The average molecular weight is 505 g/mol. The molecule has 11 heteroatoms. The number of benzene rings is 3. The molecule has 3 N–H and O–H groups in total. The predicted molar refractivity (Wildman–Crippen MR) is 123 cm³/mol. The molecule has 0 bridgehead atoms. The van der Waals surface area contributed by atoms with Crippen LogP contribution in [0.2, 0.25) is 20.1 Å². The Balaban J connectivity index is 1.72. The van der Waals surface area contributed by atoms with Crippen LogP contribution in [0.15, 0.2) is 65.6 Å². The van der Waals surface area contributed by atoms with Crippen LogP contribution in [0, 0.1) is 0 Å². The van der Waals surface area contributed by atoms with Gasteiger partial charge >= 0.3 is 6.03 Å². The molecule has 0 saturated heterocycles. The number of carbonyl (C=O) groups is 1. The highest BCUT2D eigenvalue weighted by Gasteiger charge is 2.17. The number of sulfonamides is 1. The van der Waals surface area contributed by atoms with Crippen LogP contribution in [0.4, 0.5) is 21.9 Å². The minimum atomic E-state index is -3.89. The number of halogens is 4. The van der Waals surface area contributed by atoms with Gasteiger partial charge in [0.2, 0.25) is 0 Å². The third-order valence-corrected chi connectivity index (χ3v) is 6.27.